The van der Waals surface area contributed by atoms with Crippen LogP contribution < -0.4 is 10.1 Å². The molecular formula is C24H29N3O3. The molecule has 0 radical (unpaired) electrons. The molecule has 0 saturated heterocycles. The predicted octanol–water partition coefficient (Wildman–Crippen LogP) is 4.41. The van der Waals surface area contributed by atoms with Gasteiger partial charge in [-0.1, -0.05) is 49.3 Å². The van der Waals surface area contributed by atoms with Gasteiger partial charge in [-0.2, -0.15) is 0 Å². The van der Waals surface area contributed by atoms with E-state index in [1.54, 1.807) is 6.07 Å². The Labute approximate surface area is 177 Å². The van der Waals surface area contributed by atoms with Crippen molar-refractivity contribution in [3.63, 3.8) is 0 Å². The molecule has 1 heterocycles. The zero-order valence-corrected chi connectivity index (χ0v) is 18.0. The molecule has 1 unspecified atom stereocenters. The summed E-state index contributed by atoms with van der Waals surface area (Å²) in [6.07, 6.45) is 0. The van der Waals surface area contributed by atoms with E-state index in [1.807, 2.05) is 56.6 Å². The Morgan fingerprint density at radius 1 is 1.10 bits per heavy atom. The van der Waals surface area contributed by atoms with Gasteiger partial charge in [0.05, 0.1) is 12.6 Å². The summed E-state index contributed by atoms with van der Waals surface area (Å²) in [7, 11) is 3.99. The third-order valence-corrected chi connectivity index (χ3v) is 4.73. The van der Waals surface area contributed by atoms with E-state index < -0.39 is 0 Å². The maximum absolute atomic E-state index is 12.6. The lowest BCUT2D eigenvalue weighted by molar-refractivity contribution is 0.0933. The van der Waals surface area contributed by atoms with Crippen molar-refractivity contribution >= 4 is 5.91 Å². The average molecular weight is 408 g/mol. The van der Waals surface area contributed by atoms with Gasteiger partial charge in [-0.25, -0.2) is 0 Å². The second-order valence-electron chi connectivity index (χ2n) is 7.91. The largest absolute Gasteiger partial charge is 0.493 e. The number of nitrogens with zero attached hydrogens (tertiary/aromatic N) is 2. The van der Waals surface area contributed by atoms with Crippen LogP contribution in [0, 0.1) is 5.92 Å². The number of carbonyl (C=O) groups is 1. The fourth-order valence-electron chi connectivity index (χ4n) is 3.05. The molecule has 0 fully saturated rings. The van der Waals surface area contributed by atoms with Crippen LogP contribution in [0.4, 0.5) is 0 Å². The molecule has 0 bridgehead atoms. The van der Waals surface area contributed by atoms with Crippen molar-refractivity contribution in [1.82, 2.24) is 15.4 Å². The summed E-state index contributed by atoms with van der Waals surface area (Å²) in [6, 6.07) is 19.4. The van der Waals surface area contributed by atoms with Crippen LogP contribution in [0.25, 0.3) is 11.3 Å². The number of aromatic nitrogens is 1. The van der Waals surface area contributed by atoms with Crippen molar-refractivity contribution in [1.29, 1.82) is 0 Å². The van der Waals surface area contributed by atoms with Crippen LogP contribution in [0.15, 0.2) is 65.2 Å². The summed E-state index contributed by atoms with van der Waals surface area (Å²) in [4.78, 5) is 14.7. The summed E-state index contributed by atoms with van der Waals surface area (Å²) < 4.78 is 11.1. The molecule has 0 spiro atoms. The number of nitrogens with one attached hydrogen (secondary N) is 1. The maximum atomic E-state index is 12.6. The van der Waals surface area contributed by atoms with Crippen LogP contribution in [0.5, 0.6) is 5.75 Å². The Hall–Kier alpha value is -3.12. The van der Waals surface area contributed by atoms with Gasteiger partial charge in [0.1, 0.15) is 5.75 Å². The summed E-state index contributed by atoms with van der Waals surface area (Å²) >= 11 is 0. The number of ether oxygens (including phenoxy) is 1. The van der Waals surface area contributed by atoms with Gasteiger partial charge in [0, 0.05) is 18.2 Å². The molecule has 1 amide bonds. The van der Waals surface area contributed by atoms with Gasteiger partial charge in [-0.3, -0.25) is 4.79 Å². The second-order valence-corrected chi connectivity index (χ2v) is 7.91. The Kier molecular flexibility index (Phi) is 7.25. The van der Waals surface area contributed by atoms with E-state index >= 15 is 0 Å². The quantitative estimate of drug-likeness (QED) is 0.569. The molecule has 6 heteroatoms. The fraction of sp³-hybridized carbons (Fsp3) is 0.333. The number of amides is 1. The summed E-state index contributed by atoms with van der Waals surface area (Å²) in [6.45, 7) is 5.36. The van der Waals surface area contributed by atoms with Crippen molar-refractivity contribution in [2.24, 2.45) is 5.92 Å². The Balaban J connectivity index is 1.62. The Morgan fingerprint density at radius 3 is 2.43 bits per heavy atom. The third kappa shape index (κ3) is 5.70. The van der Waals surface area contributed by atoms with Crippen LogP contribution in [0.3, 0.4) is 0 Å². The molecule has 1 atom stereocenters. The van der Waals surface area contributed by atoms with E-state index in [-0.39, 0.29) is 17.6 Å². The van der Waals surface area contributed by atoms with Crippen LogP contribution in [-0.2, 0) is 0 Å². The Morgan fingerprint density at radius 2 is 1.80 bits per heavy atom. The lowest BCUT2D eigenvalue weighted by Gasteiger charge is -2.24. The van der Waals surface area contributed by atoms with Crippen molar-refractivity contribution in [3.05, 3.63) is 71.9 Å². The van der Waals surface area contributed by atoms with E-state index in [0.717, 1.165) is 16.9 Å². The maximum Gasteiger partial charge on any atom is 0.273 e. The minimum Gasteiger partial charge on any atom is -0.493 e. The molecular weight excluding hydrogens is 378 g/mol. The molecule has 0 saturated carbocycles. The topological polar surface area (TPSA) is 67.6 Å². The van der Waals surface area contributed by atoms with Gasteiger partial charge < -0.3 is 19.5 Å². The molecule has 30 heavy (non-hydrogen) atoms. The van der Waals surface area contributed by atoms with Crippen LogP contribution in [0.2, 0.25) is 0 Å². The highest BCUT2D eigenvalue weighted by Crippen LogP contribution is 2.24. The molecule has 158 valence electrons. The highest BCUT2D eigenvalue weighted by molar-refractivity contribution is 5.93. The first-order chi connectivity index (χ1) is 14.4. The van der Waals surface area contributed by atoms with E-state index in [4.69, 9.17) is 9.26 Å². The standard InChI is InChI=1S/C24H29N3O3/c1-17(2)16-29-20-12-10-19(11-13-20)23-14-21(26-30-23)24(28)25-15-22(27(3)4)18-8-6-5-7-9-18/h5-14,17,22H,15-16H2,1-4H3,(H,25,28). The highest BCUT2D eigenvalue weighted by Gasteiger charge is 2.18. The minimum absolute atomic E-state index is 0.0694. The monoisotopic (exact) mass is 407 g/mol. The summed E-state index contributed by atoms with van der Waals surface area (Å²) in [5, 5.41) is 6.90. The molecule has 3 rings (SSSR count). The van der Waals surface area contributed by atoms with Gasteiger partial charge in [0.25, 0.3) is 5.91 Å². The molecule has 3 aromatic rings. The molecule has 0 aliphatic carbocycles. The SMILES string of the molecule is CC(C)COc1ccc(-c2cc(C(=O)NCC(c3ccccc3)N(C)C)no2)cc1. The zero-order chi connectivity index (χ0) is 21.5. The average Bonchev–Trinajstić information content (AvgIpc) is 3.23. The van der Waals surface area contributed by atoms with E-state index in [0.29, 0.717) is 24.8 Å². The van der Waals surface area contributed by atoms with Gasteiger partial charge in [0.15, 0.2) is 11.5 Å². The Bertz CT molecular complexity index is 934. The van der Waals surface area contributed by atoms with Crippen molar-refractivity contribution in [2.45, 2.75) is 19.9 Å². The van der Waals surface area contributed by atoms with Crippen LogP contribution in [-0.4, -0.2) is 43.2 Å². The number of hydrogen-bond acceptors (Lipinski definition) is 5. The number of likely N-dealkylation sites (N-methyl/N-ethyl adjacent to an activating group) is 1. The number of carbonyl (C=O) groups excluding carboxylic acids is 1. The van der Waals surface area contributed by atoms with Gasteiger partial charge >= 0.3 is 0 Å². The van der Waals surface area contributed by atoms with Gasteiger partial charge in [0.2, 0.25) is 0 Å². The summed E-state index contributed by atoms with van der Waals surface area (Å²) in [5.41, 5.74) is 2.24. The zero-order valence-electron chi connectivity index (χ0n) is 18.0. The fourth-order valence-corrected chi connectivity index (χ4v) is 3.05. The van der Waals surface area contributed by atoms with Crippen LogP contribution in [0.1, 0.15) is 35.9 Å². The van der Waals surface area contributed by atoms with E-state index in [9.17, 15) is 4.79 Å². The number of rotatable bonds is 9. The molecule has 6 nitrogen and oxygen atoms in total. The smallest absolute Gasteiger partial charge is 0.273 e. The predicted molar refractivity (Wildman–Crippen MR) is 117 cm³/mol. The molecule has 1 aromatic heterocycles. The molecule has 1 N–H and O–H groups in total. The first-order valence-electron chi connectivity index (χ1n) is 10.1. The molecule has 0 aliphatic heterocycles. The van der Waals surface area contributed by atoms with Gasteiger partial charge in [-0.15, -0.1) is 0 Å². The van der Waals surface area contributed by atoms with Crippen LogP contribution >= 0.6 is 0 Å². The molecule has 2 aromatic carbocycles. The van der Waals surface area contributed by atoms with Crippen molar-refractivity contribution in [2.75, 3.05) is 27.2 Å². The van der Waals surface area contributed by atoms with Gasteiger partial charge in [-0.05, 0) is 49.8 Å². The molecule has 0 aliphatic rings. The number of benzene rings is 2. The minimum atomic E-state index is -0.260. The van der Waals surface area contributed by atoms with E-state index in [1.165, 1.54) is 0 Å². The lowest BCUT2D eigenvalue weighted by atomic mass is 10.1. The van der Waals surface area contributed by atoms with Crippen molar-refractivity contribution < 1.29 is 14.1 Å². The van der Waals surface area contributed by atoms with Crippen molar-refractivity contribution in [3.8, 4) is 17.1 Å². The highest BCUT2D eigenvalue weighted by atomic mass is 16.5. The first-order valence-corrected chi connectivity index (χ1v) is 10.1. The second kappa shape index (κ2) is 10.1. The first kappa shape index (κ1) is 21.6. The summed E-state index contributed by atoms with van der Waals surface area (Å²) in [5.74, 6) is 1.56. The number of hydrogen-bond donors (Lipinski definition) is 1. The van der Waals surface area contributed by atoms with E-state index in [2.05, 4.69) is 41.4 Å². The normalized spacial score (nSPS) is 12.2. The third-order valence-electron chi connectivity index (χ3n) is 4.73. The lowest BCUT2D eigenvalue weighted by Crippen LogP contribution is -2.34.